The fourth-order valence-corrected chi connectivity index (χ4v) is 3.92. The minimum atomic E-state index is 0.450. The third kappa shape index (κ3) is 4.19. The number of ketones is 1. The molecule has 1 heterocycles. The number of rotatable bonds is 4. The number of hydrogen-bond acceptors (Lipinski definition) is 3. The molecular formula is C13H18BrNOS. The lowest BCUT2D eigenvalue weighted by molar-refractivity contribution is -0.121. The Hall–Kier alpha value is -0.190. The van der Waals surface area contributed by atoms with E-state index in [1.54, 1.807) is 11.3 Å². The highest BCUT2D eigenvalue weighted by Crippen LogP contribution is 2.24. The first-order valence-electron chi connectivity index (χ1n) is 6.06. The molecule has 94 valence electrons. The van der Waals surface area contributed by atoms with Gasteiger partial charge in [-0.1, -0.05) is 0 Å². The second-order valence-electron chi connectivity index (χ2n) is 4.91. The third-order valence-corrected chi connectivity index (χ3v) is 4.96. The molecule has 0 radical (unpaired) electrons. The van der Waals surface area contributed by atoms with Gasteiger partial charge >= 0.3 is 0 Å². The van der Waals surface area contributed by atoms with Crippen LogP contribution in [0.3, 0.4) is 0 Å². The van der Waals surface area contributed by atoms with Crippen LogP contribution in [0.5, 0.6) is 0 Å². The lowest BCUT2D eigenvalue weighted by atomic mass is 9.88. The molecule has 1 fully saturated rings. The van der Waals surface area contributed by atoms with Crippen LogP contribution in [0.25, 0.3) is 0 Å². The van der Waals surface area contributed by atoms with Crippen molar-refractivity contribution in [3.63, 3.8) is 0 Å². The van der Waals surface area contributed by atoms with Gasteiger partial charge in [-0.05, 0) is 47.8 Å². The monoisotopic (exact) mass is 315 g/mol. The normalized spacial score (nSPS) is 17.9. The number of Topliss-reactive ketones (excluding diaryl/α,β-unsaturated/α-hetero) is 1. The van der Waals surface area contributed by atoms with E-state index in [2.05, 4.69) is 39.3 Å². The Morgan fingerprint density at radius 3 is 2.76 bits per heavy atom. The van der Waals surface area contributed by atoms with Crippen molar-refractivity contribution < 1.29 is 4.79 Å². The highest BCUT2D eigenvalue weighted by molar-refractivity contribution is 9.10. The molecule has 1 aromatic heterocycles. The molecule has 4 heteroatoms. The maximum absolute atomic E-state index is 11.2. The molecule has 0 amide bonds. The molecule has 1 saturated carbocycles. The van der Waals surface area contributed by atoms with Crippen LogP contribution < -0.4 is 0 Å². The quantitative estimate of drug-likeness (QED) is 0.844. The first kappa shape index (κ1) is 13.2. The lowest BCUT2D eigenvalue weighted by Crippen LogP contribution is -2.28. The zero-order valence-electron chi connectivity index (χ0n) is 10.1. The summed E-state index contributed by atoms with van der Waals surface area (Å²) in [5, 5.41) is 2.13. The van der Waals surface area contributed by atoms with Gasteiger partial charge in [0, 0.05) is 40.7 Å². The highest BCUT2D eigenvalue weighted by atomic mass is 79.9. The molecule has 1 aliphatic rings. The van der Waals surface area contributed by atoms with Crippen molar-refractivity contribution in [2.75, 3.05) is 13.6 Å². The summed E-state index contributed by atoms with van der Waals surface area (Å²) in [7, 11) is 2.17. The van der Waals surface area contributed by atoms with E-state index in [-0.39, 0.29) is 0 Å². The number of halogens is 1. The standard InChI is InChI=1S/C13H18BrNOS/c1-15(8-13-6-11(14)9-17-13)7-10-2-4-12(16)5-3-10/h6,9-10H,2-5,7-8H2,1H3. The Labute approximate surface area is 115 Å². The van der Waals surface area contributed by atoms with Gasteiger partial charge in [-0.25, -0.2) is 0 Å². The van der Waals surface area contributed by atoms with Gasteiger partial charge in [-0.15, -0.1) is 11.3 Å². The molecule has 0 aliphatic heterocycles. The molecule has 0 N–H and O–H groups in total. The number of carbonyl (C=O) groups is 1. The predicted octanol–water partition coefficient (Wildman–Crippen LogP) is 3.70. The lowest BCUT2D eigenvalue weighted by Gasteiger charge is -2.26. The fraction of sp³-hybridized carbons (Fsp3) is 0.615. The summed E-state index contributed by atoms with van der Waals surface area (Å²) in [5.41, 5.74) is 0. The SMILES string of the molecule is CN(Cc1cc(Br)cs1)CC1CCC(=O)CC1. The van der Waals surface area contributed by atoms with Crippen LogP contribution in [0.1, 0.15) is 30.6 Å². The van der Waals surface area contributed by atoms with Crippen molar-refractivity contribution in [2.24, 2.45) is 5.92 Å². The predicted molar refractivity (Wildman–Crippen MR) is 75.3 cm³/mol. The summed E-state index contributed by atoms with van der Waals surface area (Å²) in [6.07, 6.45) is 3.75. The van der Waals surface area contributed by atoms with E-state index in [4.69, 9.17) is 0 Å². The van der Waals surface area contributed by atoms with Crippen molar-refractivity contribution in [3.05, 3.63) is 20.8 Å². The van der Waals surface area contributed by atoms with E-state index in [1.165, 1.54) is 9.35 Å². The van der Waals surface area contributed by atoms with Crippen molar-refractivity contribution in [1.29, 1.82) is 0 Å². The van der Waals surface area contributed by atoms with Crippen molar-refractivity contribution in [2.45, 2.75) is 32.2 Å². The number of thiophene rings is 1. The van der Waals surface area contributed by atoms with E-state index < -0.39 is 0 Å². The number of carbonyl (C=O) groups excluding carboxylic acids is 1. The van der Waals surface area contributed by atoms with Crippen LogP contribution in [0.2, 0.25) is 0 Å². The molecule has 2 nitrogen and oxygen atoms in total. The van der Waals surface area contributed by atoms with Crippen LogP contribution in [-0.2, 0) is 11.3 Å². The summed E-state index contributed by atoms with van der Waals surface area (Å²) in [5.74, 6) is 1.16. The summed E-state index contributed by atoms with van der Waals surface area (Å²) in [6.45, 7) is 2.13. The van der Waals surface area contributed by atoms with Gasteiger partial charge in [0.2, 0.25) is 0 Å². The molecule has 0 bridgehead atoms. The molecule has 0 aromatic carbocycles. The van der Waals surface area contributed by atoms with Crippen LogP contribution in [0, 0.1) is 5.92 Å². The van der Waals surface area contributed by atoms with Gasteiger partial charge in [-0.2, -0.15) is 0 Å². The van der Waals surface area contributed by atoms with Crippen molar-refractivity contribution >= 4 is 33.0 Å². The minimum absolute atomic E-state index is 0.450. The molecule has 0 saturated heterocycles. The Morgan fingerprint density at radius 1 is 1.47 bits per heavy atom. The van der Waals surface area contributed by atoms with Gasteiger partial charge in [0.15, 0.2) is 0 Å². The van der Waals surface area contributed by atoms with Gasteiger partial charge in [0.1, 0.15) is 5.78 Å². The number of nitrogens with zero attached hydrogens (tertiary/aromatic N) is 1. The minimum Gasteiger partial charge on any atom is -0.301 e. The summed E-state index contributed by atoms with van der Waals surface area (Å²) in [6, 6.07) is 2.19. The van der Waals surface area contributed by atoms with Crippen LogP contribution in [-0.4, -0.2) is 24.3 Å². The Morgan fingerprint density at radius 2 is 2.18 bits per heavy atom. The summed E-state index contributed by atoms with van der Waals surface area (Å²) < 4.78 is 1.18. The Bertz CT molecular complexity index is 381. The maximum Gasteiger partial charge on any atom is 0.132 e. The molecule has 1 aliphatic carbocycles. The van der Waals surface area contributed by atoms with Crippen LogP contribution >= 0.6 is 27.3 Å². The molecule has 2 rings (SSSR count). The average Bonchev–Trinajstić information content (AvgIpc) is 2.67. The van der Waals surface area contributed by atoms with Crippen LogP contribution in [0.15, 0.2) is 15.9 Å². The van der Waals surface area contributed by atoms with Crippen molar-refractivity contribution in [3.8, 4) is 0 Å². The maximum atomic E-state index is 11.2. The van der Waals surface area contributed by atoms with E-state index in [0.29, 0.717) is 11.7 Å². The largest absolute Gasteiger partial charge is 0.301 e. The van der Waals surface area contributed by atoms with E-state index in [1.807, 2.05) is 0 Å². The van der Waals surface area contributed by atoms with Crippen LogP contribution in [0.4, 0.5) is 0 Å². The average molecular weight is 316 g/mol. The third-order valence-electron chi connectivity index (χ3n) is 3.28. The zero-order valence-corrected chi connectivity index (χ0v) is 12.5. The first-order chi connectivity index (χ1) is 8.13. The zero-order chi connectivity index (χ0) is 12.3. The van der Waals surface area contributed by atoms with Gasteiger partial charge in [0.25, 0.3) is 0 Å². The van der Waals surface area contributed by atoms with E-state index in [0.717, 1.165) is 38.8 Å². The molecule has 1 aromatic rings. The van der Waals surface area contributed by atoms with E-state index >= 15 is 0 Å². The van der Waals surface area contributed by atoms with Gasteiger partial charge in [0.05, 0.1) is 0 Å². The van der Waals surface area contributed by atoms with Crippen molar-refractivity contribution in [1.82, 2.24) is 4.90 Å². The Kier molecular flexibility index (Phi) is 4.77. The highest BCUT2D eigenvalue weighted by Gasteiger charge is 2.19. The van der Waals surface area contributed by atoms with Gasteiger partial charge in [-0.3, -0.25) is 4.79 Å². The second kappa shape index (κ2) is 6.12. The molecule has 17 heavy (non-hydrogen) atoms. The molecule has 0 atom stereocenters. The molecule has 0 spiro atoms. The fourth-order valence-electron chi connectivity index (χ4n) is 2.39. The molecule has 0 unspecified atom stereocenters. The van der Waals surface area contributed by atoms with Gasteiger partial charge < -0.3 is 4.90 Å². The second-order valence-corrected chi connectivity index (χ2v) is 6.82. The topological polar surface area (TPSA) is 20.3 Å². The first-order valence-corrected chi connectivity index (χ1v) is 7.74. The molecular weight excluding hydrogens is 298 g/mol. The number of hydrogen-bond donors (Lipinski definition) is 0. The smallest absolute Gasteiger partial charge is 0.132 e. The Balaban J connectivity index is 1.77. The summed E-state index contributed by atoms with van der Waals surface area (Å²) >= 11 is 5.28. The van der Waals surface area contributed by atoms with E-state index in [9.17, 15) is 4.79 Å². The summed E-state index contributed by atoms with van der Waals surface area (Å²) in [4.78, 5) is 14.9.